The summed E-state index contributed by atoms with van der Waals surface area (Å²) in [4.78, 5) is 0. The Labute approximate surface area is 110 Å². The van der Waals surface area contributed by atoms with Gasteiger partial charge in [-0.2, -0.15) is 5.10 Å². The number of rotatable bonds is 5. The topological polar surface area (TPSA) is 29.9 Å². The van der Waals surface area contributed by atoms with Crippen molar-refractivity contribution in [2.45, 2.75) is 19.5 Å². The van der Waals surface area contributed by atoms with Gasteiger partial charge >= 0.3 is 0 Å². The fourth-order valence-corrected chi connectivity index (χ4v) is 1.80. The van der Waals surface area contributed by atoms with Crippen LogP contribution in [0, 0.1) is 11.6 Å². The van der Waals surface area contributed by atoms with Gasteiger partial charge in [-0.05, 0) is 25.1 Å². The molecule has 0 amide bonds. The zero-order valence-corrected chi connectivity index (χ0v) is 10.6. The molecular weight excluding hydrogens is 248 g/mol. The fourth-order valence-electron chi connectivity index (χ4n) is 1.80. The lowest BCUT2D eigenvalue weighted by atomic mass is 10.1. The molecule has 1 N–H and O–H groups in total. The van der Waals surface area contributed by atoms with Crippen molar-refractivity contribution in [3.63, 3.8) is 0 Å². The number of benzene rings is 1. The van der Waals surface area contributed by atoms with Crippen molar-refractivity contribution >= 4 is 6.20 Å². The van der Waals surface area contributed by atoms with Crippen LogP contribution in [0.2, 0.25) is 0 Å². The Morgan fingerprint density at radius 2 is 2.26 bits per heavy atom. The summed E-state index contributed by atoms with van der Waals surface area (Å²) >= 11 is 0. The maximum Gasteiger partial charge on any atom is 0.128 e. The third-order valence-electron chi connectivity index (χ3n) is 2.88. The summed E-state index contributed by atoms with van der Waals surface area (Å²) in [5.41, 5.74) is 1.26. The zero-order valence-electron chi connectivity index (χ0n) is 10.6. The van der Waals surface area contributed by atoms with E-state index in [1.165, 1.54) is 6.07 Å². The maximum atomic E-state index is 13.6. The molecule has 2 rings (SSSR count). The molecule has 0 saturated heterocycles. The molecule has 0 aliphatic carbocycles. The average molecular weight is 263 g/mol. The minimum absolute atomic E-state index is 0.289. The van der Waals surface area contributed by atoms with Crippen molar-refractivity contribution in [2.24, 2.45) is 0 Å². The van der Waals surface area contributed by atoms with Crippen molar-refractivity contribution in [3.05, 3.63) is 59.9 Å². The van der Waals surface area contributed by atoms with E-state index in [2.05, 4.69) is 17.0 Å². The van der Waals surface area contributed by atoms with Gasteiger partial charge in [0.05, 0.1) is 6.20 Å². The van der Waals surface area contributed by atoms with Crippen LogP contribution in [0.4, 0.5) is 8.78 Å². The smallest absolute Gasteiger partial charge is 0.128 e. The Morgan fingerprint density at radius 3 is 2.95 bits per heavy atom. The lowest BCUT2D eigenvalue weighted by Gasteiger charge is -2.14. The standard InChI is InChI=1S/C14H15F2N3/c1-3-19-9-11(8-18-19)7-17-10(2)13-6-12(15)4-5-14(13)16/h3-6,8-10,17H,1,7H2,2H3. The van der Waals surface area contributed by atoms with Crippen LogP contribution < -0.4 is 5.32 Å². The second-order valence-electron chi connectivity index (χ2n) is 4.28. The largest absolute Gasteiger partial charge is 0.306 e. The first-order valence-electron chi connectivity index (χ1n) is 5.94. The molecular formula is C14H15F2N3. The van der Waals surface area contributed by atoms with Crippen LogP contribution in [-0.2, 0) is 6.54 Å². The molecule has 1 heterocycles. The molecule has 0 aliphatic rings. The van der Waals surface area contributed by atoms with Gasteiger partial charge in [-0.1, -0.05) is 6.58 Å². The molecule has 0 bridgehead atoms. The molecule has 0 radical (unpaired) electrons. The number of aromatic nitrogens is 2. The summed E-state index contributed by atoms with van der Waals surface area (Å²) in [5, 5.41) is 7.17. The van der Waals surface area contributed by atoms with Crippen LogP contribution in [0.1, 0.15) is 24.1 Å². The minimum atomic E-state index is -0.440. The third-order valence-corrected chi connectivity index (χ3v) is 2.88. The minimum Gasteiger partial charge on any atom is -0.306 e. The van der Waals surface area contributed by atoms with E-state index in [0.29, 0.717) is 12.1 Å². The van der Waals surface area contributed by atoms with Crippen LogP contribution >= 0.6 is 0 Å². The van der Waals surface area contributed by atoms with Crippen molar-refractivity contribution < 1.29 is 8.78 Å². The third kappa shape index (κ3) is 3.26. The lowest BCUT2D eigenvalue weighted by Crippen LogP contribution is -2.19. The second-order valence-corrected chi connectivity index (χ2v) is 4.28. The monoisotopic (exact) mass is 263 g/mol. The van der Waals surface area contributed by atoms with E-state index in [4.69, 9.17) is 0 Å². The van der Waals surface area contributed by atoms with Gasteiger partial charge in [-0.3, -0.25) is 0 Å². The van der Waals surface area contributed by atoms with Gasteiger partial charge in [0, 0.05) is 36.1 Å². The first-order chi connectivity index (χ1) is 9.10. The molecule has 0 saturated carbocycles. The lowest BCUT2D eigenvalue weighted by molar-refractivity contribution is 0.518. The van der Waals surface area contributed by atoms with Gasteiger partial charge in [0.25, 0.3) is 0 Å². The van der Waals surface area contributed by atoms with E-state index >= 15 is 0 Å². The Morgan fingerprint density at radius 1 is 1.47 bits per heavy atom. The molecule has 0 aliphatic heterocycles. The molecule has 1 atom stereocenters. The van der Waals surface area contributed by atoms with E-state index in [0.717, 1.165) is 17.7 Å². The second kappa shape index (κ2) is 5.75. The van der Waals surface area contributed by atoms with E-state index in [-0.39, 0.29) is 6.04 Å². The highest BCUT2D eigenvalue weighted by molar-refractivity contribution is 5.22. The molecule has 19 heavy (non-hydrogen) atoms. The molecule has 5 heteroatoms. The van der Waals surface area contributed by atoms with Crippen molar-refractivity contribution in [1.29, 1.82) is 0 Å². The molecule has 1 aromatic carbocycles. The highest BCUT2D eigenvalue weighted by atomic mass is 19.1. The number of hydrogen-bond acceptors (Lipinski definition) is 2. The number of halogens is 2. The molecule has 0 fully saturated rings. The number of nitrogens with zero attached hydrogens (tertiary/aromatic N) is 2. The van der Waals surface area contributed by atoms with E-state index in [1.54, 1.807) is 24.0 Å². The average Bonchev–Trinajstić information content (AvgIpc) is 2.87. The molecule has 2 aromatic rings. The Bertz CT molecular complexity index is 578. The first kappa shape index (κ1) is 13.4. The van der Waals surface area contributed by atoms with Crippen molar-refractivity contribution in [2.75, 3.05) is 0 Å². The molecule has 1 aromatic heterocycles. The van der Waals surface area contributed by atoms with Crippen LogP contribution in [-0.4, -0.2) is 9.78 Å². The maximum absolute atomic E-state index is 13.6. The summed E-state index contributed by atoms with van der Waals surface area (Å²) in [5.74, 6) is -0.854. The van der Waals surface area contributed by atoms with Crippen LogP contribution in [0.25, 0.3) is 6.20 Å². The van der Waals surface area contributed by atoms with E-state index in [1.807, 2.05) is 6.20 Å². The summed E-state index contributed by atoms with van der Waals surface area (Å²) in [6.45, 7) is 5.90. The van der Waals surface area contributed by atoms with Crippen molar-refractivity contribution in [1.82, 2.24) is 15.1 Å². The zero-order chi connectivity index (χ0) is 13.8. The molecule has 0 spiro atoms. The highest BCUT2D eigenvalue weighted by Gasteiger charge is 2.11. The quantitative estimate of drug-likeness (QED) is 0.898. The summed E-state index contributed by atoms with van der Waals surface area (Å²) in [6.07, 6.45) is 5.09. The SMILES string of the molecule is C=Cn1cc(CNC(C)c2cc(F)ccc2F)cn1. The van der Waals surface area contributed by atoms with Gasteiger partial charge in [0.2, 0.25) is 0 Å². The molecule has 1 unspecified atom stereocenters. The summed E-state index contributed by atoms with van der Waals surface area (Å²) in [6, 6.07) is 3.17. The Hall–Kier alpha value is -2.01. The predicted octanol–water partition coefficient (Wildman–Crippen LogP) is 3.11. The van der Waals surface area contributed by atoms with Crippen LogP contribution in [0.15, 0.2) is 37.2 Å². The fraction of sp³-hybridized carbons (Fsp3) is 0.214. The predicted molar refractivity (Wildman–Crippen MR) is 70.2 cm³/mol. The van der Waals surface area contributed by atoms with Crippen LogP contribution in [0.3, 0.4) is 0 Å². The van der Waals surface area contributed by atoms with E-state index < -0.39 is 11.6 Å². The number of nitrogens with one attached hydrogen (secondary N) is 1. The Balaban J connectivity index is 2.02. The summed E-state index contributed by atoms with van der Waals surface area (Å²) < 4.78 is 28.3. The first-order valence-corrected chi connectivity index (χ1v) is 5.94. The molecule has 3 nitrogen and oxygen atoms in total. The molecule has 100 valence electrons. The van der Waals surface area contributed by atoms with Gasteiger partial charge in [-0.25, -0.2) is 13.5 Å². The van der Waals surface area contributed by atoms with Gasteiger partial charge in [0.1, 0.15) is 11.6 Å². The van der Waals surface area contributed by atoms with Gasteiger partial charge in [-0.15, -0.1) is 0 Å². The van der Waals surface area contributed by atoms with Crippen LogP contribution in [0.5, 0.6) is 0 Å². The van der Waals surface area contributed by atoms with Crippen molar-refractivity contribution in [3.8, 4) is 0 Å². The Kier molecular flexibility index (Phi) is 4.06. The van der Waals surface area contributed by atoms with Gasteiger partial charge in [0.15, 0.2) is 0 Å². The number of hydrogen-bond donors (Lipinski definition) is 1. The normalized spacial score (nSPS) is 12.4. The summed E-state index contributed by atoms with van der Waals surface area (Å²) in [7, 11) is 0. The van der Waals surface area contributed by atoms with Gasteiger partial charge < -0.3 is 5.32 Å². The highest BCUT2D eigenvalue weighted by Crippen LogP contribution is 2.18. The van der Waals surface area contributed by atoms with E-state index in [9.17, 15) is 8.78 Å².